The molecule has 0 aromatic carbocycles. The Balaban J connectivity index is 0. The minimum absolute atomic E-state index is 0. The van der Waals surface area contributed by atoms with Crippen LogP contribution in [0.1, 0.15) is 33.6 Å². The molecular weight excluding hydrogens is 221 g/mol. The van der Waals surface area contributed by atoms with Crippen LogP contribution in [0.3, 0.4) is 0 Å². The molecular formula is C10H18LiNO5. The minimum Gasteiger partial charge on any atom is -0.550 e. The fourth-order valence-corrected chi connectivity index (χ4v) is 0.975. The molecule has 0 unspecified atom stereocenters. The molecule has 0 aliphatic rings. The maximum absolute atomic E-state index is 11.3. The Morgan fingerprint density at radius 1 is 1.41 bits per heavy atom. The quantitative estimate of drug-likeness (QED) is 0.483. The van der Waals surface area contributed by atoms with Crippen molar-refractivity contribution in [1.29, 1.82) is 0 Å². The van der Waals surface area contributed by atoms with Crippen LogP contribution in [0.5, 0.6) is 0 Å². The van der Waals surface area contributed by atoms with E-state index >= 15 is 0 Å². The molecule has 0 aliphatic carbocycles. The summed E-state index contributed by atoms with van der Waals surface area (Å²) in [6, 6.07) is -0.632. The largest absolute Gasteiger partial charge is 1.00 e. The van der Waals surface area contributed by atoms with Crippen molar-refractivity contribution in [1.82, 2.24) is 5.32 Å². The number of alkyl carbamates (subject to hydrolysis) is 1. The van der Waals surface area contributed by atoms with Crippen LogP contribution < -0.4 is 29.3 Å². The molecule has 6 nitrogen and oxygen atoms in total. The SMILES string of the molecule is CC(C)(C)OC(=O)N[C@H](CO)CCC(=O)[O-].[Li+]. The smallest absolute Gasteiger partial charge is 0.550 e. The third-order valence-corrected chi connectivity index (χ3v) is 1.64. The standard InChI is InChI=1S/C10H19NO5.Li/c1-10(2,3)16-9(15)11-7(6-12)4-5-8(13)14;/h7,12H,4-6H2,1-3H3,(H,11,15)(H,13,14);/q;+1/p-1/t7-;/m0./s1. The normalized spacial score (nSPS) is 12.2. The minimum atomic E-state index is -1.22. The van der Waals surface area contributed by atoms with E-state index in [1.807, 2.05) is 0 Å². The van der Waals surface area contributed by atoms with E-state index in [4.69, 9.17) is 9.84 Å². The Hall–Kier alpha value is -0.703. The first kappa shape index (κ1) is 18.7. The zero-order chi connectivity index (χ0) is 12.8. The molecule has 0 saturated carbocycles. The summed E-state index contributed by atoms with van der Waals surface area (Å²) in [5.74, 6) is -1.22. The first-order valence-electron chi connectivity index (χ1n) is 5.05. The second-order valence-electron chi connectivity index (χ2n) is 4.44. The molecule has 0 saturated heterocycles. The predicted molar refractivity (Wildman–Crippen MR) is 54.5 cm³/mol. The Bertz CT molecular complexity index is 252. The van der Waals surface area contributed by atoms with Gasteiger partial charge in [0, 0.05) is 5.97 Å². The molecule has 0 aromatic heterocycles. The van der Waals surface area contributed by atoms with E-state index in [9.17, 15) is 14.7 Å². The van der Waals surface area contributed by atoms with Crippen molar-refractivity contribution in [2.24, 2.45) is 0 Å². The molecule has 0 radical (unpaired) electrons. The fourth-order valence-electron chi connectivity index (χ4n) is 0.975. The average molecular weight is 239 g/mol. The van der Waals surface area contributed by atoms with Gasteiger partial charge in [0.25, 0.3) is 0 Å². The summed E-state index contributed by atoms with van der Waals surface area (Å²) in [4.78, 5) is 21.5. The molecule has 1 atom stereocenters. The zero-order valence-electron chi connectivity index (χ0n) is 10.8. The topological polar surface area (TPSA) is 98.7 Å². The first-order valence-corrected chi connectivity index (χ1v) is 5.05. The van der Waals surface area contributed by atoms with Gasteiger partial charge in [-0.3, -0.25) is 0 Å². The third-order valence-electron chi connectivity index (χ3n) is 1.64. The van der Waals surface area contributed by atoms with Gasteiger partial charge in [0.15, 0.2) is 0 Å². The van der Waals surface area contributed by atoms with E-state index in [1.54, 1.807) is 20.8 Å². The van der Waals surface area contributed by atoms with E-state index in [2.05, 4.69) is 5.32 Å². The number of ether oxygens (including phenoxy) is 1. The molecule has 0 bridgehead atoms. The molecule has 0 aliphatic heterocycles. The molecule has 0 rings (SSSR count). The van der Waals surface area contributed by atoms with Gasteiger partial charge in [-0.25, -0.2) is 4.79 Å². The van der Waals surface area contributed by atoms with Crippen LogP contribution in [-0.2, 0) is 9.53 Å². The van der Waals surface area contributed by atoms with Crippen molar-refractivity contribution in [2.45, 2.75) is 45.3 Å². The number of hydrogen-bond acceptors (Lipinski definition) is 5. The maximum atomic E-state index is 11.3. The van der Waals surface area contributed by atoms with Gasteiger partial charge < -0.3 is 25.1 Å². The van der Waals surface area contributed by atoms with Crippen LogP contribution >= 0.6 is 0 Å². The van der Waals surface area contributed by atoms with Gasteiger partial charge in [-0.1, -0.05) is 0 Å². The van der Waals surface area contributed by atoms with E-state index in [1.165, 1.54) is 0 Å². The number of amides is 1. The van der Waals surface area contributed by atoms with Crippen molar-refractivity contribution in [2.75, 3.05) is 6.61 Å². The monoisotopic (exact) mass is 239 g/mol. The number of carbonyl (C=O) groups is 2. The summed E-state index contributed by atoms with van der Waals surface area (Å²) in [5.41, 5.74) is -0.627. The van der Waals surface area contributed by atoms with Crippen LogP contribution in [0.2, 0.25) is 0 Å². The molecule has 17 heavy (non-hydrogen) atoms. The molecule has 1 amide bonds. The van der Waals surface area contributed by atoms with Gasteiger partial charge in [-0.2, -0.15) is 0 Å². The number of nitrogens with one attached hydrogen (secondary N) is 1. The summed E-state index contributed by atoms with van der Waals surface area (Å²) in [6.45, 7) is 4.79. The van der Waals surface area contributed by atoms with Crippen molar-refractivity contribution in [3.05, 3.63) is 0 Å². The molecule has 7 heteroatoms. The number of rotatable bonds is 5. The number of hydrogen-bond donors (Lipinski definition) is 2. The number of aliphatic hydroxyl groups excluding tert-OH is 1. The molecule has 0 spiro atoms. The summed E-state index contributed by atoms with van der Waals surface area (Å²) < 4.78 is 4.95. The number of aliphatic hydroxyl groups is 1. The molecule has 0 fully saturated rings. The maximum Gasteiger partial charge on any atom is 1.00 e. The second kappa shape index (κ2) is 8.40. The van der Waals surface area contributed by atoms with Gasteiger partial charge in [-0.15, -0.1) is 0 Å². The van der Waals surface area contributed by atoms with Crippen LogP contribution in [0.15, 0.2) is 0 Å². The van der Waals surface area contributed by atoms with Crippen LogP contribution in [-0.4, -0.2) is 35.4 Å². The summed E-state index contributed by atoms with van der Waals surface area (Å²) >= 11 is 0. The first-order chi connectivity index (χ1) is 7.24. The van der Waals surface area contributed by atoms with Gasteiger partial charge in [0.05, 0.1) is 12.6 Å². The van der Waals surface area contributed by atoms with Crippen molar-refractivity contribution < 1.29 is 43.4 Å². The van der Waals surface area contributed by atoms with Gasteiger partial charge in [-0.05, 0) is 33.6 Å². The summed E-state index contributed by atoms with van der Waals surface area (Å²) in [5, 5.41) is 21.5. The Kier molecular flexibility index (Phi) is 9.22. The van der Waals surface area contributed by atoms with Gasteiger partial charge in [0.2, 0.25) is 0 Å². The van der Waals surface area contributed by atoms with Crippen molar-refractivity contribution in [3.63, 3.8) is 0 Å². The summed E-state index contributed by atoms with van der Waals surface area (Å²) in [7, 11) is 0. The Morgan fingerprint density at radius 3 is 2.29 bits per heavy atom. The van der Waals surface area contributed by atoms with E-state index < -0.39 is 23.7 Å². The Labute approximate surface area is 113 Å². The average Bonchev–Trinajstić information content (AvgIpc) is 2.08. The van der Waals surface area contributed by atoms with Crippen LogP contribution in [0, 0.1) is 0 Å². The molecule has 94 valence electrons. The number of carbonyl (C=O) groups excluding carboxylic acids is 2. The third kappa shape index (κ3) is 11.6. The van der Waals surface area contributed by atoms with Crippen LogP contribution in [0.25, 0.3) is 0 Å². The van der Waals surface area contributed by atoms with Gasteiger partial charge >= 0.3 is 25.0 Å². The fraction of sp³-hybridized carbons (Fsp3) is 0.800. The summed E-state index contributed by atoms with van der Waals surface area (Å²) in [6.07, 6.45) is -0.788. The molecule has 0 aromatic rings. The van der Waals surface area contributed by atoms with Crippen molar-refractivity contribution >= 4 is 12.1 Å². The second-order valence-corrected chi connectivity index (χ2v) is 4.44. The van der Waals surface area contributed by atoms with E-state index in [0.717, 1.165) is 0 Å². The number of carboxylic acids is 1. The molecule has 2 N–H and O–H groups in total. The molecule has 0 heterocycles. The predicted octanol–water partition coefficient (Wildman–Crippen LogP) is -3.59. The van der Waals surface area contributed by atoms with E-state index in [-0.39, 0.29) is 38.3 Å². The van der Waals surface area contributed by atoms with Gasteiger partial charge in [0.1, 0.15) is 5.60 Å². The number of carboxylic acid groups (broad SMARTS) is 1. The Morgan fingerprint density at radius 2 is 1.94 bits per heavy atom. The number of aliphatic carboxylic acids is 1. The van der Waals surface area contributed by atoms with E-state index in [0.29, 0.717) is 0 Å². The van der Waals surface area contributed by atoms with Crippen molar-refractivity contribution in [3.8, 4) is 0 Å². The zero-order valence-corrected chi connectivity index (χ0v) is 10.8. The van der Waals surface area contributed by atoms with Crippen LogP contribution in [0.4, 0.5) is 4.79 Å².